The number of hydrogen-bond donors (Lipinski definition) is 0. The molecule has 0 spiro atoms. The number of nitrogens with zero attached hydrogens (tertiary/aromatic N) is 1. The number of unbranched alkanes of at least 4 members (excludes halogenated alkanes) is 1. The highest BCUT2D eigenvalue weighted by molar-refractivity contribution is 9.09. The molecule has 94 valence electrons. The van der Waals surface area contributed by atoms with Gasteiger partial charge in [0.2, 0.25) is 5.91 Å². The number of alkyl halides is 1. The highest BCUT2D eigenvalue weighted by Crippen LogP contribution is 2.05. The maximum atomic E-state index is 12.1. The number of carbonyl (C=O) groups is 1. The molecular formula is C14H20BrNO. The fraction of sp³-hybridized carbons (Fsp3) is 0.500. The minimum absolute atomic E-state index is 0.226. The van der Waals surface area contributed by atoms with Gasteiger partial charge in [-0.2, -0.15) is 0 Å². The zero-order chi connectivity index (χ0) is 12.5. The van der Waals surface area contributed by atoms with Crippen LogP contribution in [0.5, 0.6) is 0 Å². The molecule has 0 unspecified atom stereocenters. The molecule has 1 aromatic rings. The van der Waals surface area contributed by atoms with Gasteiger partial charge in [-0.3, -0.25) is 4.79 Å². The predicted molar refractivity (Wildman–Crippen MR) is 75.4 cm³/mol. The van der Waals surface area contributed by atoms with Crippen LogP contribution < -0.4 is 0 Å². The van der Waals surface area contributed by atoms with E-state index < -0.39 is 0 Å². The van der Waals surface area contributed by atoms with E-state index in [1.54, 1.807) is 0 Å². The molecule has 0 bridgehead atoms. The number of amides is 1. The van der Waals surface area contributed by atoms with Crippen LogP contribution >= 0.6 is 15.9 Å². The summed E-state index contributed by atoms with van der Waals surface area (Å²) in [6.07, 6.45) is 2.71. The molecule has 1 aromatic carbocycles. The number of carbonyl (C=O) groups excluding carboxylic acids is 1. The van der Waals surface area contributed by atoms with Crippen LogP contribution in [0.15, 0.2) is 30.3 Å². The maximum absolute atomic E-state index is 12.1. The van der Waals surface area contributed by atoms with Crippen molar-refractivity contribution in [2.75, 3.05) is 18.4 Å². The van der Waals surface area contributed by atoms with Crippen LogP contribution in [0.25, 0.3) is 0 Å². The van der Waals surface area contributed by atoms with E-state index in [1.165, 1.54) is 0 Å². The lowest BCUT2D eigenvalue weighted by Gasteiger charge is -2.21. The molecule has 0 saturated carbocycles. The first-order chi connectivity index (χ1) is 8.27. The summed E-state index contributed by atoms with van der Waals surface area (Å²) < 4.78 is 0. The molecule has 0 atom stereocenters. The molecule has 0 aliphatic rings. The molecule has 2 nitrogen and oxygen atoms in total. The van der Waals surface area contributed by atoms with Crippen LogP contribution in [-0.4, -0.2) is 29.2 Å². The second-order valence-electron chi connectivity index (χ2n) is 4.09. The Morgan fingerprint density at radius 1 is 1.24 bits per heavy atom. The minimum Gasteiger partial charge on any atom is -0.342 e. The highest BCUT2D eigenvalue weighted by Gasteiger charge is 2.12. The van der Waals surface area contributed by atoms with Gasteiger partial charge in [0.1, 0.15) is 0 Å². The van der Waals surface area contributed by atoms with Crippen molar-refractivity contribution in [2.24, 2.45) is 0 Å². The van der Waals surface area contributed by atoms with Gasteiger partial charge in [-0.15, -0.1) is 0 Å². The fourth-order valence-corrected chi connectivity index (χ4v) is 2.12. The Kier molecular flexibility index (Phi) is 6.94. The summed E-state index contributed by atoms with van der Waals surface area (Å²) in [5.74, 6) is 0.226. The largest absolute Gasteiger partial charge is 0.342 e. The molecule has 0 N–H and O–H groups in total. The van der Waals surface area contributed by atoms with Gasteiger partial charge in [0.25, 0.3) is 0 Å². The summed E-state index contributed by atoms with van der Waals surface area (Å²) in [6, 6.07) is 9.93. The van der Waals surface area contributed by atoms with Gasteiger partial charge in [-0.1, -0.05) is 59.6 Å². The van der Waals surface area contributed by atoms with Gasteiger partial charge in [-0.05, 0) is 12.0 Å². The van der Waals surface area contributed by atoms with Crippen LogP contribution in [0.1, 0.15) is 25.3 Å². The van der Waals surface area contributed by atoms with E-state index in [4.69, 9.17) is 0 Å². The van der Waals surface area contributed by atoms with Crippen LogP contribution in [0.4, 0.5) is 0 Å². The van der Waals surface area contributed by atoms with Gasteiger partial charge in [0.05, 0.1) is 6.42 Å². The van der Waals surface area contributed by atoms with Crippen molar-refractivity contribution < 1.29 is 4.79 Å². The zero-order valence-corrected chi connectivity index (χ0v) is 11.9. The first-order valence-corrected chi connectivity index (χ1v) is 7.27. The molecular weight excluding hydrogens is 278 g/mol. The molecule has 3 heteroatoms. The van der Waals surface area contributed by atoms with Gasteiger partial charge < -0.3 is 4.90 Å². The summed E-state index contributed by atoms with van der Waals surface area (Å²) in [7, 11) is 0. The normalized spacial score (nSPS) is 10.2. The first-order valence-electron chi connectivity index (χ1n) is 6.15. The second kappa shape index (κ2) is 8.29. The third-order valence-electron chi connectivity index (χ3n) is 2.69. The van der Waals surface area contributed by atoms with Crippen molar-refractivity contribution in [1.29, 1.82) is 0 Å². The number of hydrogen-bond acceptors (Lipinski definition) is 1. The van der Waals surface area contributed by atoms with Crippen molar-refractivity contribution in [2.45, 2.75) is 26.2 Å². The van der Waals surface area contributed by atoms with E-state index in [0.717, 1.165) is 36.8 Å². The summed E-state index contributed by atoms with van der Waals surface area (Å²) in [5, 5.41) is 0.844. The van der Waals surface area contributed by atoms with E-state index >= 15 is 0 Å². The monoisotopic (exact) mass is 297 g/mol. The number of halogens is 1. The highest BCUT2D eigenvalue weighted by atomic mass is 79.9. The van der Waals surface area contributed by atoms with Gasteiger partial charge in [0, 0.05) is 18.4 Å². The van der Waals surface area contributed by atoms with Crippen molar-refractivity contribution in [1.82, 2.24) is 4.90 Å². The smallest absolute Gasteiger partial charge is 0.227 e. The molecule has 0 fully saturated rings. The van der Waals surface area contributed by atoms with Crippen molar-refractivity contribution >= 4 is 21.8 Å². The van der Waals surface area contributed by atoms with E-state index in [2.05, 4.69) is 22.9 Å². The zero-order valence-electron chi connectivity index (χ0n) is 10.4. The molecule has 0 aliphatic heterocycles. The van der Waals surface area contributed by atoms with E-state index in [9.17, 15) is 4.79 Å². The van der Waals surface area contributed by atoms with Gasteiger partial charge >= 0.3 is 0 Å². The topological polar surface area (TPSA) is 20.3 Å². The standard InChI is InChI=1S/C14H20BrNO/c1-2-3-10-16(11-9-15)14(17)12-13-7-5-4-6-8-13/h4-8H,2-3,9-12H2,1H3. The third kappa shape index (κ3) is 5.35. The Morgan fingerprint density at radius 2 is 1.94 bits per heavy atom. The Morgan fingerprint density at radius 3 is 2.53 bits per heavy atom. The maximum Gasteiger partial charge on any atom is 0.227 e. The molecule has 0 aromatic heterocycles. The van der Waals surface area contributed by atoms with E-state index in [-0.39, 0.29) is 5.91 Å². The summed E-state index contributed by atoms with van der Waals surface area (Å²) in [6.45, 7) is 3.81. The molecule has 0 saturated heterocycles. The fourth-order valence-electron chi connectivity index (χ4n) is 1.69. The van der Waals surface area contributed by atoms with Crippen molar-refractivity contribution in [3.05, 3.63) is 35.9 Å². The van der Waals surface area contributed by atoms with Gasteiger partial charge in [-0.25, -0.2) is 0 Å². The lowest BCUT2D eigenvalue weighted by molar-refractivity contribution is -0.130. The van der Waals surface area contributed by atoms with Crippen molar-refractivity contribution in [3.8, 4) is 0 Å². The average Bonchev–Trinajstić information content (AvgIpc) is 2.35. The Labute approximate surface area is 112 Å². The summed E-state index contributed by atoms with van der Waals surface area (Å²) in [5.41, 5.74) is 1.09. The van der Waals surface area contributed by atoms with Crippen LogP contribution in [0, 0.1) is 0 Å². The van der Waals surface area contributed by atoms with Crippen LogP contribution in [0.2, 0.25) is 0 Å². The molecule has 1 rings (SSSR count). The summed E-state index contributed by atoms with van der Waals surface area (Å²) >= 11 is 3.40. The minimum atomic E-state index is 0.226. The Hall–Kier alpha value is -0.830. The van der Waals surface area contributed by atoms with E-state index in [0.29, 0.717) is 6.42 Å². The lowest BCUT2D eigenvalue weighted by Crippen LogP contribution is -2.34. The van der Waals surface area contributed by atoms with Crippen molar-refractivity contribution in [3.63, 3.8) is 0 Å². The number of benzene rings is 1. The molecule has 0 aliphatic carbocycles. The molecule has 17 heavy (non-hydrogen) atoms. The number of rotatable bonds is 7. The van der Waals surface area contributed by atoms with Crippen LogP contribution in [0.3, 0.4) is 0 Å². The predicted octanol–water partition coefficient (Wildman–Crippen LogP) is 3.25. The first kappa shape index (κ1) is 14.2. The van der Waals surface area contributed by atoms with E-state index in [1.807, 2.05) is 35.2 Å². The molecule has 0 radical (unpaired) electrons. The quantitative estimate of drug-likeness (QED) is 0.708. The Balaban J connectivity index is 2.52. The van der Waals surface area contributed by atoms with Gasteiger partial charge in [0.15, 0.2) is 0 Å². The summed E-state index contributed by atoms with van der Waals surface area (Å²) in [4.78, 5) is 14.1. The third-order valence-corrected chi connectivity index (χ3v) is 3.04. The van der Waals surface area contributed by atoms with Crippen LogP contribution in [-0.2, 0) is 11.2 Å². The molecule has 0 heterocycles. The Bertz CT molecular complexity index is 326. The molecule has 1 amide bonds. The average molecular weight is 298 g/mol. The second-order valence-corrected chi connectivity index (χ2v) is 4.88. The SMILES string of the molecule is CCCCN(CCBr)C(=O)Cc1ccccc1. The lowest BCUT2D eigenvalue weighted by atomic mass is 10.1.